The molecule has 0 radical (unpaired) electrons. The minimum absolute atomic E-state index is 0.0225. The molecule has 1 atom stereocenters. The van der Waals surface area contributed by atoms with Gasteiger partial charge in [-0.2, -0.15) is 0 Å². The maximum Gasteiger partial charge on any atom is 0.329 e. The van der Waals surface area contributed by atoms with Crippen molar-refractivity contribution in [3.05, 3.63) is 0 Å². The van der Waals surface area contributed by atoms with Crippen LogP contribution in [-0.2, 0) is 14.3 Å². The Kier molecular flexibility index (Phi) is 6.70. The van der Waals surface area contributed by atoms with Gasteiger partial charge in [0.1, 0.15) is 6.61 Å². The zero-order valence-corrected chi connectivity index (χ0v) is 7.58. The van der Waals surface area contributed by atoms with Crippen LogP contribution in [0.25, 0.3) is 0 Å². The van der Waals surface area contributed by atoms with E-state index in [4.69, 9.17) is 14.6 Å². The van der Waals surface area contributed by atoms with Gasteiger partial charge in [0.15, 0.2) is 0 Å². The van der Waals surface area contributed by atoms with Gasteiger partial charge in [0.25, 0.3) is 0 Å². The molecule has 0 saturated carbocycles. The standard InChI is InChI=1S/C8H16O4/c1-3-7(12-4-2)5-11-6-8(9)10/h7H,3-6H2,1-2H3,(H,9,10). The van der Waals surface area contributed by atoms with Gasteiger partial charge in [0.2, 0.25) is 0 Å². The van der Waals surface area contributed by atoms with E-state index in [-0.39, 0.29) is 12.7 Å². The predicted octanol–water partition coefficient (Wildman–Crippen LogP) is 0.903. The third kappa shape index (κ3) is 6.12. The van der Waals surface area contributed by atoms with Gasteiger partial charge in [-0.25, -0.2) is 4.79 Å². The zero-order valence-electron chi connectivity index (χ0n) is 7.58. The molecule has 0 aromatic carbocycles. The van der Waals surface area contributed by atoms with E-state index in [0.29, 0.717) is 13.2 Å². The normalized spacial score (nSPS) is 12.8. The van der Waals surface area contributed by atoms with Crippen LogP contribution in [-0.4, -0.2) is 37.0 Å². The first-order valence-electron chi connectivity index (χ1n) is 4.11. The van der Waals surface area contributed by atoms with Gasteiger partial charge in [-0.05, 0) is 13.3 Å². The molecule has 12 heavy (non-hydrogen) atoms. The van der Waals surface area contributed by atoms with Crippen molar-refractivity contribution in [2.24, 2.45) is 0 Å². The number of ether oxygens (including phenoxy) is 2. The van der Waals surface area contributed by atoms with Crippen molar-refractivity contribution in [2.45, 2.75) is 26.4 Å². The van der Waals surface area contributed by atoms with Crippen LogP contribution in [0.5, 0.6) is 0 Å². The van der Waals surface area contributed by atoms with Crippen molar-refractivity contribution < 1.29 is 19.4 Å². The number of rotatable bonds is 7. The van der Waals surface area contributed by atoms with E-state index in [2.05, 4.69) is 0 Å². The van der Waals surface area contributed by atoms with Gasteiger partial charge < -0.3 is 14.6 Å². The Morgan fingerprint density at radius 3 is 2.58 bits per heavy atom. The number of carboxylic acids is 1. The Balaban J connectivity index is 3.37. The maximum absolute atomic E-state index is 10.1. The fourth-order valence-corrected chi connectivity index (χ4v) is 0.797. The zero-order chi connectivity index (χ0) is 9.40. The van der Waals surface area contributed by atoms with Gasteiger partial charge in [-0.15, -0.1) is 0 Å². The third-order valence-electron chi connectivity index (χ3n) is 1.39. The van der Waals surface area contributed by atoms with Crippen molar-refractivity contribution in [2.75, 3.05) is 19.8 Å². The van der Waals surface area contributed by atoms with E-state index in [9.17, 15) is 4.79 Å². The van der Waals surface area contributed by atoms with E-state index in [1.165, 1.54) is 0 Å². The summed E-state index contributed by atoms with van der Waals surface area (Å²) in [5, 5.41) is 8.26. The monoisotopic (exact) mass is 176 g/mol. The van der Waals surface area contributed by atoms with Gasteiger partial charge in [0.05, 0.1) is 12.7 Å². The summed E-state index contributed by atoms with van der Waals surface area (Å²) in [4.78, 5) is 10.1. The molecule has 0 aliphatic heterocycles. The first-order valence-corrected chi connectivity index (χ1v) is 4.11. The Hall–Kier alpha value is -0.610. The van der Waals surface area contributed by atoms with Crippen LogP contribution in [0.4, 0.5) is 0 Å². The topological polar surface area (TPSA) is 55.8 Å². The molecule has 0 heterocycles. The summed E-state index contributed by atoms with van der Waals surface area (Å²) in [6.45, 7) is 4.62. The number of carbonyl (C=O) groups is 1. The second kappa shape index (κ2) is 7.06. The van der Waals surface area contributed by atoms with E-state index < -0.39 is 5.97 Å². The maximum atomic E-state index is 10.1. The lowest BCUT2D eigenvalue weighted by molar-refractivity contribution is -0.143. The SMILES string of the molecule is CCOC(CC)COCC(=O)O. The highest BCUT2D eigenvalue weighted by Crippen LogP contribution is 1.98. The number of carboxylic acid groups (broad SMARTS) is 1. The molecule has 4 heteroatoms. The van der Waals surface area contributed by atoms with Crippen LogP contribution in [0.2, 0.25) is 0 Å². The summed E-state index contributed by atoms with van der Waals surface area (Å²) in [6.07, 6.45) is 0.863. The van der Waals surface area contributed by atoms with Crippen molar-refractivity contribution >= 4 is 5.97 Å². The lowest BCUT2D eigenvalue weighted by Gasteiger charge is -2.13. The first kappa shape index (κ1) is 11.4. The molecule has 0 bridgehead atoms. The smallest absolute Gasteiger partial charge is 0.329 e. The Morgan fingerprint density at radius 1 is 1.50 bits per heavy atom. The van der Waals surface area contributed by atoms with Gasteiger partial charge in [-0.1, -0.05) is 6.92 Å². The van der Waals surface area contributed by atoms with Crippen molar-refractivity contribution in [3.8, 4) is 0 Å². The van der Waals surface area contributed by atoms with Crippen LogP contribution >= 0.6 is 0 Å². The minimum Gasteiger partial charge on any atom is -0.480 e. The molecule has 4 nitrogen and oxygen atoms in total. The molecule has 0 aliphatic carbocycles. The highest BCUT2D eigenvalue weighted by molar-refractivity contribution is 5.67. The lowest BCUT2D eigenvalue weighted by atomic mass is 10.3. The fourth-order valence-electron chi connectivity index (χ4n) is 0.797. The minimum atomic E-state index is -0.943. The highest BCUT2D eigenvalue weighted by atomic mass is 16.5. The summed E-state index contributed by atoms with van der Waals surface area (Å²) >= 11 is 0. The van der Waals surface area contributed by atoms with Crippen LogP contribution in [0.3, 0.4) is 0 Å². The van der Waals surface area contributed by atoms with Crippen molar-refractivity contribution in [1.29, 1.82) is 0 Å². The Morgan fingerprint density at radius 2 is 2.17 bits per heavy atom. The molecular weight excluding hydrogens is 160 g/mol. The van der Waals surface area contributed by atoms with Gasteiger partial charge >= 0.3 is 5.97 Å². The van der Waals surface area contributed by atoms with E-state index >= 15 is 0 Å². The summed E-state index contributed by atoms with van der Waals surface area (Å²) < 4.78 is 10.1. The largest absolute Gasteiger partial charge is 0.480 e. The van der Waals surface area contributed by atoms with Crippen molar-refractivity contribution in [3.63, 3.8) is 0 Å². The summed E-state index contributed by atoms with van der Waals surface area (Å²) in [5.74, 6) is -0.943. The summed E-state index contributed by atoms with van der Waals surface area (Å²) in [7, 11) is 0. The fraction of sp³-hybridized carbons (Fsp3) is 0.875. The van der Waals surface area contributed by atoms with E-state index in [0.717, 1.165) is 6.42 Å². The first-order chi connectivity index (χ1) is 5.70. The van der Waals surface area contributed by atoms with Crippen LogP contribution in [0.1, 0.15) is 20.3 Å². The molecule has 0 fully saturated rings. The number of hydrogen-bond acceptors (Lipinski definition) is 3. The molecule has 0 aromatic heterocycles. The molecule has 1 unspecified atom stereocenters. The van der Waals surface area contributed by atoms with Crippen LogP contribution in [0, 0.1) is 0 Å². The highest BCUT2D eigenvalue weighted by Gasteiger charge is 2.06. The lowest BCUT2D eigenvalue weighted by Crippen LogP contribution is -2.21. The second-order valence-electron chi connectivity index (χ2n) is 2.39. The van der Waals surface area contributed by atoms with Crippen LogP contribution in [0.15, 0.2) is 0 Å². The number of aliphatic carboxylic acids is 1. The molecule has 0 saturated heterocycles. The molecular formula is C8H16O4. The molecule has 72 valence electrons. The van der Waals surface area contributed by atoms with E-state index in [1.54, 1.807) is 0 Å². The molecule has 0 rings (SSSR count). The predicted molar refractivity (Wildman–Crippen MR) is 44.2 cm³/mol. The quantitative estimate of drug-likeness (QED) is 0.626. The van der Waals surface area contributed by atoms with Gasteiger partial charge in [0, 0.05) is 6.61 Å². The molecule has 0 spiro atoms. The number of hydrogen-bond donors (Lipinski definition) is 1. The summed E-state index contributed by atoms with van der Waals surface area (Å²) in [6, 6.07) is 0. The molecule has 1 N–H and O–H groups in total. The molecule has 0 amide bonds. The Bertz CT molecular complexity index is 124. The van der Waals surface area contributed by atoms with Gasteiger partial charge in [-0.3, -0.25) is 0 Å². The van der Waals surface area contributed by atoms with Crippen LogP contribution < -0.4 is 0 Å². The average molecular weight is 176 g/mol. The van der Waals surface area contributed by atoms with Crippen molar-refractivity contribution in [1.82, 2.24) is 0 Å². The summed E-state index contributed by atoms with van der Waals surface area (Å²) in [5.41, 5.74) is 0. The molecule has 0 aromatic rings. The second-order valence-corrected chi connectivity index (χ2v) is 2.39. The van der Waals surface area contributed by atoms with E-state index in [1.807, 2.05) is 13.8 Å². The Labute approximate surface area is 72.5 Å². The average Bonchev–Trinajstić information content (AvgIpc) is 2.02. The third-order valence-corrected chi connectivity index (χ3v) is 1.39. The molecule has 0 aliphatic rings.